The maximum atomic E-state index is 12.8. The van der Waals surface area contributed by atoms with Gasteiger partial charge >= 0.3 is 7.60 Å². The van der Waals surface area contributed by atoms with E-state index < -0.39 is 21.3 Å². The van der Waals surface area contributed by atoms with Crippen LogP contribution in [0.25, 0.3) is 0 Å². The molecule has 0 aliphatic rings. The predicted molar refractivity (Wildman–Crippen MR) is 77.7 cm³/mol. The Bertz CT molecular complexity index is 421. The molecule has 0 aliphatic heterocycles. The second-order valence-corrected chi connectivity index (χ2v) is 12.9. The predicted octanol–water partition coefficient (Wildman–Crippen LogP) is 4.26. The van der Waals surface area contributed by atoms with Crippen LogP contribution in [0, 0.1) is 0 Å². The molecule has 0 fully saturated rings. The van der Waals surface area contributed by atoms with Crippen molar-refractivity contribution in [1.29, 1.82) is 0 Å². The third kappa shape index (κ3) is 3.13. The highest BCUT2D eigenvalue weighted by molar-refractivity contribution is 7.55. The molecule has 0 saturated heterocycles. The summed E-state index contributed by atoms with van der Waals surface area (Å²) in [5, 5.41) is 2.79. The molecule has 7 heteroatoms. The van der Waals surface area contributed by atoms with Crippen molar-refractivity contribution in [3.05, 3.63) is 22.4 Å². The molecule has 0 N–H and O–H groups in total. The molecule has 1 heterocycles. The van der Waals surface area contributed by atoms with Gasteiger partial charge < -0.3 is 13.5 Å². The van der Waals surface area contributed by atoms with Crippen molar-refractivity contribution in [2.75, 3.05) is 14.2 Å². The van der Waals surface area contributed by atoms with E-state index in [0.29, 0.717) is 0 Å². The molecule has 104 valence electrons. The number of hydrogen-bond donors (Lipinski definition) is 0. The van der Waals surface area contributed by atoms with Gasteiger partial charge in [0.25, 0.3) is 0 Å². The minimum Gasteiger partial charge on any atom is -0.398 e. The van der Waals surface area contributed by atoms with Gasteiger partial charge in [0.2, 0.25) is 0 Å². The largest absolute Gasteiger partial charge is 0.398 e. The minimum atomic E-state index is -3.37. The lowest BCUT2D eigenvalue weighted by atomic mass is 10.2. The third-order valence-corrected chi connectivity index (χ3v) is 6.80. The summed E-state index contributed by atoms with van der Waals surface area (Å²) in [4.78, 5) is 0. The monoisotopic (exact) mass is 308 g/mol. The van der Waals surface area contributed by atoms with Gasteiger partial charge in [0, 0.05) is 19.8 Å². The number of hydrogen-bond acceptors (Lipinski definition) is 5. The van der Waals surface area contributed by atoms with Gasteiger partial charge in [0.05, 0.1) is 0 Å². The van der Waals surface area contributed by atoms with Crippen LogP contribution in [-0.2, 0) is 23.4 Å². The molecule has 0 saturated carbocycles. The molecule has 0 aromatic carbocycles. The summed E-state index contributed by atoms with van der Waals surface area (Å²) in [7, 11) is -2.51. The van der Waals surface area contributed by atoms with Gasteiger partial charge in [-0.25, -0.2) is 0 Å². The Morgan fingerprint density at radius 1 is 1.28 bits per heavy atom. The van der Waals surface area contributed by atoms with Crippen LogP contribution in [0.1, 0.15) is 12.5 Å². The number of thiophene rings is 1. The van der Waals surface area contributed by atoms with Crippen LogP contribution < -0.4 is 0 Å². The van der Waals surface area contributed by atoms with Gasteiger partial charge in [-0.3, -0.25) is 4.57 Å². The molecule has 0 radical (unpaired) electrons. The summed E-state index contributed by atoms with van der Waals surface area (Å²) in [5.74, 6) is 0. The zero-order valence-corrected chi connectivity index (χ0v) is 14.4. The SMILES string of the molecule is COP(=O)(OC)C(C)(O[Si](C)(C)C)c1ccsc1. The van der Waals surface area contributed by atoms with Crippen LogP contribution in [0.15, 0.2) is 16.8 Å². The quantitative estimate of drug-likeness (QED) is 0.582. The van der Waals surface area contributed by atoms with Crippen LogP contribution in [0.2, 0.25) is 19.6 Å². The molecule has 0 aliphatic carbocycles. The Kier molecular flexibility index (Phi) is 4.97. The first-order valence-electron chi connectivity index (χ1n) is 5.63. The molecule has 18 heavy (non-hydrogen) atoms. The van der Waals surface area contributed by atoms with Gasteiger partial charge in [0.15, 0.2) is 13.7 Å². The fraction of sp³-hybridized carbons (Fsp3) is 0.636. The summed E-state index contributed by atoms with van der Waals surface area (Å²) >= 11 is 1.53. The highest BCUT2D eigenvalue weighted by atomic mass is 32.1. The lowest BCUT2D eigenvalue weighted by Gasteiger charge is -2.39. The van der Waals surface area contributed by atoms with Crippen molar-refractivity contribution in [3.8, 4) is 0 Å². The highest BCUT2D eigenvalue weighted by Crippen LogP contribution is 2.65. The van der Waals surface area contributed by atoms with Gasteiger partial charge in [-0.2, -0.15) is 11.3 Å². The Labute approximate surface area is 114 Å². The van der Waals surface area contributed by atoms with Crippen LogP contribution >= 0.6 is 18.9 Å². The summed E-state index contributed by atoms with van der Waals surface area (Å²) in [6, 6.07) is 1.90. The second-order valence-electron chi connectivity index (χ2n) is 5.07. The Morgan fingerprint density at radius 2 is 1.83 bits per heavy atom. The maximum absolute atomic E-state index is 12.8. The van der Waals surface area contributed by atoms with E-state index in [1.165, 1.54) is 25.6 Å². The zero-order valence-electron chi connectivity index (χ0n) is 11.7. The Balaban J connectivity index is 3.31. The molecule has 1 rings (SSSR count). The van der Waals surface area contributed by atoms with Gasteiger partial charge in [0.1, 0.15) is 0 Å². The molecule has 1 unspecified atom stereocenters. The fourth-order valence-electron chi connectivity index (χ4n) is 1.82. The van der Waals surface area contributed by atoms with E-state index in [-0.39, 0.29) is 0 Å². The minimum absolute atomic E-state index is 0.835. The van der Waals surface area contributed by atoms with E-state index in [1.807, 2.05) is 36.5 Å². The molecule has 1 aromatic heterocycles. The first-order valence-corrected chi connectivity index (χ1v) is 11.5. The average Bonchev–Trinajstić information content (AvgIpc) is 2.79. The van der Waals surface area contributed by atoms with Crippen LogP contribution in [0.5, 0.6) is 0 Å². The molecule has 4 nitrogen and oxygen atoms in total. The Morgan fingerprint density at radius 3 is 2.17 bits per heavy atom. The van der Waals surface area contributed by atoms with Crippen molar-refractivity contribution < 1.29 is 18.0 Å². The lowest BCUT2D eigenvalue weighted by molar-refractivity contribution is 0.110. The van der Waals surface area contributed by atoms with E-state index in [0.717, 1.165) is 5.56 Å². The van der Waals surface area contributed by atoms with E-state index in [2.05, 4.69) is 0 Å². The van der Waals surface area contributed by atoms with Crippen LogP contribution in [0.4, 0.5) is 0 Å². The van der Waals surface area contributed by atoms with Gasteiger partial charge in [-0.05, 0) is 43.4 Å². The van der Waals surface area contributed by atoms with E-state index in [9.17, 15) is 4.57 Å². The van der Waals surface area contributed by atoms with E-state index >= 15 is 0 Å². The van der Waals surface area contributed by atoms with Crippen molar-refractivity contribution in [2.45, 2.75) is 31.9 Å². The molecule has 0 bridgehead atoms. The number of rotatable bonds is 6. The topological polar surface area (TPSA) is 44.8 Å². The second kappa shape index (κ2) is 5.57. The molecular weight excluding hydrogens is 287 g/mol. The van der Waals surface area contributed by atoms with Gasteiger partial charge in [-0.15, -0.1) is 0 Å². The first kappa shape index (κ1) is 16.1. The van der Waals surface area contributed by atoms with E-state index in [4.69, 9.17) is 13.5 Å². The smallest absolute Gasteiger partial charge is 0.364 e. The Hall–Kier alpha value is 0.0269. The van der Waals surface area contributed by atoms with Crippen molar-refractivity contribution in [2.24, 2.45) is 0 Å². The lowest BCUT2D eigenvalue weighted by Crippen LogP contribution is -2.39. The average molecular weight is 308 g/mol. The third-order valence-electron chi connectivity index (χ3n) is 2.57. The van der Waals surface area contributed by atoms with Crippen LogP contribution in [0.3, 0.4) is 0 Å². The summed E-state index contributed by atoms with van der Waals surface area (Å²) in [5.41, 5.74) is 0.835. The van der Waals surface area contributed by atoms with Crippen molar-refractivity contribution in [3.63, 3.8) is 0 Å². The molecule has 1 atom stereocenters. The summed E-state index contributed by atoms with van der Waals surface area (Å²) in [6.45, 7) is 7.93. The standard InChI is InChI=1S/C11H21O4PSSi/c1-11(15-18(4,5)6,10-7-8-17-9-10)16(12,13-2)14-3/h7-9H,1-6H3. The van der Waals surface area contributed by atoms with Crippen molar-refractivity contribution >= 4 is 27.2 Å². The highest BCUT2D eigenvalue weighted by Gasteiger charge is 2.51. The maximum Gasteiger partial charge on any atom is 0.364 e. The molecule has 0 amide bonds. The molecular formula is C11H21O4PSSi. The molecule has 1 aromatic rings. The van der Waals surface area contributed by atoms with Gasteiger partial charge in [-0.1, -0.05) is 0 Å². The summed E-state index contributed by atoms with van der Waals surface area (Å²) < 4.78 is 29.3. The first-order chi connectivity index (χ1) is 8.18. The summed E-state index contributed by atoms with van der Waals surface area (Å²) in [6.07, 6.45) is 0. The van der Waals surface area contributed by atoms with E-state index in [1.54, 1.807) is 6.92 Å². The fourth-order valence-corrected chi connectivity index (χ4v) is 6.54. The van der Waals surface area contributed by atoms with Crippen LogP contribution in [-0.4, -0.2) is 22.5 Å². The molecule has 0 spiro atoms. The van der Waals surface area contributed by atoms with Crippen molar-refractivity contribution in [1.82, 2.24) is 0 Å². The normalized spacial score (nSPS) is 16.6. The zero-order chi connectivity index (χ0) is 14.0.